The van der Waals surface area contributed by atoms with Crippen LogP contribution in [0.3, 0.4) is 0 Å². The standard InChI is InChI=1S/C14H15N7O2S/c22-12(7-21-16-9-15-19-21)20-4-1-2-10(6-20)13-17-18-14(23-13)11-3-5-24-8-11/h3,5,8-10H,1-2,4,6-7H2. The second kappa shape index (κ2) is 6.48. The Bertz CT molecular complexity index is 799. The number of rotatable bonds is 4. The van der Waals surface area contributed by atoms with E-state index in [0.29, 0.717) is 18.3 Å². The fraction of sp³-hybridized carbons (Fsp3) is 0.429. The first-order valence-electron chi connectivity index (χ1n) is 7.64. The summed E-state index contributed by atoms with van der Waals surface area (Å²) >= 11 is 1.59. The number of tetrazole rings is 1. The van der Waals surface area contributed by atoms with Crippen LogP contribution in [-0.2, 0) is 11.3 Å². The molecule has 1 unspecified atom stereocenters. The molecule has 3 aromatic heterocycles. The van der Waals surface area contributed by atoms with Crippen LogP contribution in [0.2, 0.25) is 0 Å². The molecule has 4 heterocycles. The molecule has 0 aromatic carbocycles. The van der Waals surface area contributed by atoms with Crippen LogP contribution < -0.4 is 0 Å². The van der Waals surface area contributed by atoms with Gasteiger partial charge in [-0.3, -0.25) is 4.79 Å². The van der Waals surface area contributed by atoms with E-state index in [1.165, 1.54) is 11.1 Å². The Morgan fingerprint density at radius 2 is 2.38 bits per heavy atom. The second-order valence-corrected chi connectivity index (χ2v) is 6.38. The van der Waals surface area contributed by atoms with Gasteiger partial charge in [-0.15, -0.1) is 20.4 Å². The largest absolute Gasteiger partial charge is 0.420 e. The quantitative estimate of drug-likeness (QED) is 0.699. The summed E-state index contributed by atoms with van der Waals surface area (Å²) in [5, 5.41) is 23.4. The molecule has 0 bridgehead atoms. The third-order valence-electron chi connectivity index (χ3n) is 4.00. The number of piperidine rings is 1. The van der Waals surface area contributed by atoms with Gasteiger partial charge in [0.1, 0.15) is 6.54 Å². The second-order valence-electron chi connectivity index (χ2n) is 5.60. The highest BCUT2D eigenvalue weighted by atomic mass is 32.1. The summed E-state index contributed by atoms with van der Waals surface area (Å²) in [5.74, 6) is 1.15. The normalized spacial score (nSPS) is 18.0. The predicted molar refractivity (Wildman–Crippen MR) is 84.0 cm³/mol. The summed E-state index contributed by atoms with van der Waals surface area (Å²) in [4.78, 5) is 15.4. The Kier molecular flexibility index (Phi) is 4.03. The molecule has 0 radical (unpaired) electrons. The van der Waals surface area contributed by atoms with Crippen molar-refractivity contribution >= 4 is 17.2 Å². The van der Waals surface area contributed by atoms with Crippen LogP contribution in [0.25, 0.3) is 11.5 Å². The van der Waals surface area contributed by atoms with Crippen LogP contribution in [0.5, 0.6) is 0 Å². The molecular weight excluding hydrogens is 330 g/mol. The number of aromatic nitrogens is 6. The lowest BCUT2D eigenvalue weighted by atomic mass is 9.98. The van der Waals surface area contributed by atoms with Crippen molar-refractivity contribution in [2.75, 3.05) is 13.1 Å². The van der Waals surface area contributed by atoms with E-state index in [4.69, 9.17) is 4.42 Å². The summed E-state index contributed by atoms with van der Waals surface area (Å²) in [6.07, 6.45) is 3.14. The molecule has 1 amide bonds. The number of carbonyl (C=O) groups excluding carboxylic acids is 1. The molecule has 24 heavy (non-hydrogen) atoms. The summed E-state index contributed by atoms with van der Waals surface area (Å²) in [6.45, 7) is 1.38. The maximum atomic E-state index is 12.4. The minimum Gasteiger partial charge on any atom is -0.420 e. The third kappa shape index (κ3) is 3.04. The van der Waals surface area contributed by atoms with Gasteiger partial charge in [0.2, 0.25) is 17.7 Å². The molecule has 4 rings (SSSR count). The zero-order valence-corrected chi connectivity index (χ0v) is 13.6. The monoisotopic (exact) mass is 345 g/mol. The molecule has 10 heteroatoms. The first-order valence-corrected chi connectivity index (χ1v) is 8.58. The summed E-state index contributed by atoms with van der Waals surface area (Å²) in [7, 11) is 0. The van der Waals surface area contributed by atoms with E-state index in [0.717, 1.165) is 24.9 Å². The number of thiophene rings is 1. The molecule has 1 saturated heterocycles. The van der Waals surface area contributed by atoms with Crippen LogP contribution in [0.15, 0.2) is 27.6 Å². The van der Waals surface area contributed by atoms with Crippen molar-refractivity contribution in [2.45, 2.75) is 25.3 Å². The van der Waals surface area contributed by atoms with Crippen molar-refractivity contribution in [1.29, 1.82) is 0 Å². The smallest absolute Gasteiger partial charge is 0.248 e. The Labute approximate surface area is 141 Å². The number of hydrogen-bond donors (Lipinski definition) is 0. The van der Waals surface area contributed by atoms with Gasteiger partial charge >= 0.3 is 0 Å². The Morgan fingerprint density at radius 3 is 3.17 bits per heavy atom. The molecule has 1 aliphatic heterocycles. The minimum absolute atomic E-state index is 0.0322. The molecule has 0 spiro atoms. The fourth-order valence-corrected chi connectivity index (χ4v) is 3.42. The Hall–Kier alpha value is -2.62. The lowest BCUT2D eigenvalue weighted by Crippen LogP contribution is -2.41. The first-order chi connectivity index (χ1) is 11.8. The number of amides is 1. The van der Waals surface area contributed by atoms with Gasteiger partial charge in [0.15, 0.2) is 6.33 Å². The molecule has 1 fully saturated rings. The van der Waals surface area contributed by atoms with Gasteiger partial charge in [-0.2, -0.15) is 16.1 Å². The van der Waals surface area contributed by atoms with Gasteiger partial charge < -0.3 is 9.32 Å². The molecule has 0 saturated carbocycles. The summed E-state index contributed by atoms with van der Waals surface area (Å²) < 4.78 is 5.81. The average molecular weight is 345 g/mol. The fourth-order valence-electron chi connectivity index (χ4n) is 2.79. The number of carbonyl (C=O) groups is 1. The van der Waals surface area contributed by atoms with Crippen molar-refractivity contribution in [3.63, 3.8) is 0 Å². The highest BCUT2D eigenvalue weighted by Crippen LogP contribution is 2.29. The Balaban J connectivity index is 1.44. The van der Waals surface area contributed by atoms with Crippen molar-refractivity contribution in [2.24, 2.45) is 0 Å². The van der Waals surface area contributed by atoms with E-state index in [-0.39, 0.29) is 18.4 Å². The Morgan fingerprint density at radius 1 is 1.42 bits per heavy atom. The van der Waals surface area contributed by atoms with Gasteiger partial charge in [0, 0.05) is 24.0 Å². The summed E-state index contributed by atoms with van der Waals surface area (Å²) in [6, 6.07) is 1.95. The predicted octanol–water partition coefficient (Wildman–Crippen LogP) is 1.19. The minimum atomic E-state index is -0.0322. The van der Waals surface area contributed by atoms with Crippen molar-refractivity contribution in [3.05, 3.63) is 29.0 Å². The van der Waals surface area contributed by atoms with E-state index in [2.05, 4.69) is 25.6 Å². The molecule has 9 nitrogen and oxygen atoms in total. The van der Waals surface area contributed by atoms with Gasteiger partial charge in [-0.25, -0.2) is 0 Å². The van der Waals surface area contributed by atoms with Crippen molar-refractivity contribution < 1.29 is 9.21 Å². The molecule has 1 aliphatic rings. The maximum absolute atomic E-state index is 12.4. The van der Waals surface area contributed by atoms with Gasteiger partial charge in [-0.1, -0.05) is 0 Å². The molecule has 0 N–H and O–H groups in total. The van der Waals surface area contributed by atoms with Crippen LogP contribution in [0.4, 0.5) is 0 Å². The van der Waals surface area contributed by atoms with Gasteiger partial charge in [-0.05, 0) is 29.5 Å². The molecule has 3 aromatic rings. The molecular formula is C14H15N7O2S. The average Bonchev–Trinajstić information content (AvgIpc) is 3.36. The molecule has 0 aliphatic carbocycles. The number of likely N-dealkylation sites (tertiary alicyclic amines) is 1. The van der Waals surface area contributed by atoms with E-state index in [1.807, 2.05) is 16.8 Å². The zero-order valence-electron chi connectivity index (χ0n) is 12.8. The first kappa shape index (κ1) is 14.9. The SMILES string of the molecule is O=C(Cn1ncnn1)N1CCCC(c2nnc(-c3ccsc3)o2)C1. The topological polar surface area (TPSA) is 103 Å². The lowest BCUT2D eigenvalue weighted by Gasteiger charge is -2.30. The maximum Gasteiger partial charge on any atom is 0.248 e. The third-order valence-corrected chi connectivity index (χ3v) is 4.68. The van der Waals surface area contributed by atoms with E-state index in [9.17, 15) is 4.79 Å². The lowest BCUT2D eigenvalue weighted by molar-refractivity contribution is -0.133. The zero-order chi connectivity index (χ0) is 16.4. The van der Waals surface area contributed by atoms with Crippen molar-refractivity contribution in [3.8, 4) is 11.5 Å². The number of hydrogen-bond acceptors (Lipinski definition) is 8. The van der Waals surface area contributed by atoms with Crippen LogP contribution in [0.1, 0.15) is 24.7 Å². The van der Waals surface area contributed by atoms with Crippen molar-refractivity contribution in [1.82, 2.24) is 35.3 Å². The van der Waals surface area contributed by atoms with Gasteiger partial charge in [0.05, 0.1) is 5.92 Å². The highest BCUT2D eigenvalue weighted by molar-refractivity contribution is 7.08. The highest BCUT2D eigenvalue weighted by Gasteiger charge is 2.28. The van der Waals surface area contributed by atoms with Crippen LogP contribution in [0, 0.1) is 0 Å². The molecule has 1 atom stereocenters. The van der Waals surface area contributed by atoms with E-state index in [1.54, 1.807) is 16.2 Å². The van der Waals surface area contributed by atoms with Gasteiger partial charge in [0.25, 0.3) is 0 Å². The van der Waals surface area contributed by atoms with E-state index < -0.39 is 0 Å². The van der Waals surface area contributed by atoms with Crippen LogP contribution >= 0.6 is 11.3 Å². The summed E-state index contributed by atoms with van der Waals surface area (Å²) in [5.41, 5.74) is 0.930. The molecule has 124 valence electrons. The number of nitrogens with zero attached hydrogens (tertiary/aromatic N) is 7. The van der Waals surface area contributed by atoms with E-state index >= 15 is 0 Å². The van der Waals surface area contributed by atoms with Crippen LogP contribution in [-0.4, -0.2) is 54.3 Å².